The molecule has 8 nitrogen and oxygen atoms in total. The zero-order valence-corrected chi connectivity index (χ0v) is 16.9. The van der Waals surface area contributed by atoms with Crippen LogP contribution in [0.25, 0.3) is 5.82 Å². The van der Waals surface area contributed by atoms with Crippen LogP contribution in [0.4, 0.5) is 0 Å². The van der Waals surface area contributed by atoms with Gasteiger partial charge in [0.15, 0.2) is 5.82 Å². The number of pyridine rings is 1. The van der Waals surface area contributed by atoms with Gasteiger partial charge in [0.1, 0.15) is 18.4 Å². The molecule has 0 fully saturated rings. The van der Waals surface area contributed by atoms with E-state index in [-0.39, 0.29) is 11.9 Å². The van der Waals surface area contributed by atoms with E-state index in [1.807, 2.05) is 18.2 Å². The molecule has 2 aromatic heterocycles. The molecular formula is C21H26N6O2. The minimum atomic E-state index is -0.159. The van der Waals surface area contributed by atoms with Crippen LogP contribution in [-0.4, -0.2) is 57.3 Å². The molecule has 1 unspecified atom stereocenters. The molecule has 0 saturated carbocycles. The number of hydrogen-bond donors (Lipinski definition) is 1. The number of nitrogens with one attached hydrogen (secondary N) is 1. The number of rotatable bonds is 9. The fourth-order valence-corrected chi connectivity index (χ4v) is 3.27. The number of nitrogens with zero attached hydrogens (tertiary/aromatic N) is 5. The summed E-state index contributed by atoms with van der Waals surface area (Å²) in [6, 6.07) is 11.4. The Morgan fingerprint density at radius 2 is 2.07 bits per heavy atom. The lowest BCUT2D eigenvalue weighted by atomic mass is 10.0. The summed E-state index contributed by atoms with van der Waals surface area (Å²) in [5.74, 6) is 1.19. The zero-order chi connectivity index (χ0) is 20.6. The summed E-state index contributed by atoms with van der Waals surface area (Å²) >= 11 is 0. The average molecular weight is 394 g/mol. The fraction of sp³-hybridized carbons (Fsp3) is 0.333. The molecule has 0 bridgehead atoms. The lowest BCUT2D eigenvalue weighted by Gasteiger charge is -2.30. The molecule has 0 aliphatic heterocycles. The third-order valence-electron chi connectivity index (χ3n) is 4.85. The number of amides is 1. The van der Waals surface area contributed by atoms with Crippen LogP contribution in [-0.2, 0) is 0 Å². The molecular weight excluding hydrogens is 368 g/mol. The van der Waals surface area contributed by atoms with E-state index in [1.54, 1.807) is 31.8 Å². The summed E-state index contributed by atoms with van der Waals surface area (Å²) in [5, 5.41) is 7.12. The largest absolute Gasteiger partial charge is 0.497 e. The monoisotopic (exact) mass is 394 g/mol. The lowest BCUT2D eigenvalue weighted by Crippen LogP contribution is -2.38. The first-order valence-corrected chi connectivity index (χ1v) is 9.63. The average Bonchev–Trinajstić information content (AvgIpc) is 3.31. The van der Waals surface area contributed by atoms with Crippen molar-refractivity contribution in [1.82, 2.24) is 30.0 Å². The number of aromatic nitrogens is 4. The second kappa shape index (κ2) is 9.79. The van der Waals surface area contributed by atoms with E-state index in [0.29, 0.717) is 17.9 Å². The molecule has 152 valence electrons. The van der Waals surface area contributed by atoms with Crippen molar-refractivity contribution in [3.8, 4) is 11.6 Å². The Morgan fingerprint density at radius 3 is 2.76 bits per heavy atom. The van der Waals surface area contributed by atoms with Crippen LogP contribution in [0.5, 0.6) is 5.75 Å². The second-order valence-electron chi connectivity index (χ2n) is 6.47. The maximum Gasteiger partial charge on any atom is 0.251 e. The minimum absolute atomic E-state index is 0.0423. The van der Waals surface area contributed by atoms with Crippen molar-refractivity contribution in [3.05, 3.63) is 66.4 Å². The van der Waals surface area contributed by atoms with E-state index in [2.05, 4.69) is 45.2 Å². The van der Waals surface area contributed by atoms with Gasteiger partial charge in [0, 0.05) is 18.3 Å². The summed E-state index contributed by atoms with van der Waals surface area (Å²) in [6.07, 6.45) is 4.57. The van der Waals surface area contributed by atoms with Crippen LogP contribution in [0.15, 0.2) is 55.2 Å². The van der Waals surface area contributed by atoms with Crippen LogP contribution >= 0.6 is 0 Å². The standard InChI is InChI=1S/C21H26N6O2/c1-4-26(5-2)19(16-7-6-8-18(11-16)29-3)13-24-21(28)17-9-10-23-20(12-17)27-15-22-14-25-27/h6-12,14-15,19H,4-5,13H2,1-3H3,(H,24,28). The summed E-state index contributed by atoms with van der Waals surface area (Å²) in [4.78, 5) is 23.3. The molecule has 0 spiro atoms. The first kappa shape index (κ1) is 20.5. The summed E-state index contributed by atoms with van der Waals surface area (Å²) in [6.45, 7) is 6.46. The Morgan fingerprint density at radius 1 is 1.24 bits per heavy atom. The maximum absolute atomic E-state index is 12.8. The molecule has 2 heterocycles. The normalized spacial score (nSPS) is 12.0. The number of ether oxygens (including phenoxy) is 1. The smallest absolute Gasteiger partial charge is 0.251 e. The van der Waals surface area contributed by atoms with Crippen molar-refractivity contribution in [2.45, 2.75) is 19.9 Å². The van der Waals surface area contributed by atoms with Crippen molar-refractivity contribution < 1.29 is 9.53 Å². The van der Waals surface area contributed by atoms with Gasteiger partial charge < -0.3 is 10.1 Å². The van der Waals surface area contributed by atoms with Gasteiger partial charge in [-0.1, -0.05) is 26.0 Å². The van der Waals surface area contributed by atoms with Crippen LogP contribution in [0.2, 0.25) is 0 Å². The molecule has 3 rings (SSSR count). The molecule has 1 N–H and O–H groups in total. The highest BCUT2D eigenvalue weighted by molar-refractivity contribution is 5.94. The lowest BCUT2D eigenvalue weighted by molar-refractivity contribution is 0.0934. The molecule has 1 atom stereocenters. The van der Waals surface area contributed by atoms with Gasteiger partial charge in [0.05, 0.1) is 13.2 Å². The number of hydrogen-bond acceptors (Lipinski definition) is 6. The molecule has 8 heteroatoms. The predicted molar refractivity (Wildman–Crippen MR) is 110 cm³/mol. The number of carbonyl (C=O) groups is 1. The molecule has 0 aliphatic rings. The molecule has 1 aromatic carbocycles. The Bertz CT molecular complexity index is 924. The van der Waals surface area contributed by atoms with Gasteiger partial charge in [-0.2, -0.15) is 5.10 Å². The van der Waals surface area contributed by atoms with Gasteiger partial charge in [-0.15, -0.1) is 0 Å². The van der Waals surface area contributed by atoms with Crippen molar-refractivity contribution in [2.75, 3.05) is 26.7 Å². The second-order valence-corrected chi connectivity index (χ2v) is 6.47. The first-order valence-electron chi connectivity index (χ1n) is 9.63. The highest BCUT2D eigenvalue weighted by atomic mass is 16.5. The molecule has 29 heavy (non-hydrogen) atoms. The van der Waals surface area contributed by atoms with E-state index in [0.717, 1.165) is 24.4 Å². The summed E-state index contributed by atoms with van der Waals surface area (Å²) in [5.41, 5.74) is 1.63. The molecule has 0 aliphatic carbocycles. The third-order valence-corrected chi connectivity index (χ3v) is 4.85. The van der Waals surface area contributed by atoms with Crippen LogP contribution in [0.3, 0.4) is 0 Å². The van der Waals surface area contributed by atoms with Crippen molar-refractivity contribution in [3.63, 3.8) is 0 Å². The Kier molecular flexibility index (Phi) is 6.91. The fourth-order valence-electron chi connectivity index (χ4n) is 3.27. The summed E-state index contributed by atoms with van der Waals surface area (Å²) in [7, 11) is 1.66. The molecule has 0 radical (unpaired) electrons. The summed E-state index contributed by atoms with van der Waals surface area (Å²) < 4.78 is 6.89. The van der Waals surface area contributed by atoms with Gasteiger partial charge in [0.2, 0.25) is 0 Å². The first-order chi connectivity index (χ1) is 14.2. The van der Waals surface area contributed by atoms with Crippen LogP contribution in [0, 0.1) is 0 Å². The highest BCUT2D eigenvalue weighted by Gasteiger charge is 2.20. The molecule has 0 saturated heterocycles. The molecule has 3 aromatic rings. The van der Waals surface area contributed by atoms with E-state index < -0.39 is 0 Å². The maximum atomic E-state index is 12.8. The Labute approximate surface area is 170 Å². The Hall–Kier alpha value is -3.26. The van der Waals surface area contributed by atoms with Crippen LogP contribution in [0.1, 0.15) is 35.8 Å². The highest BCUT2D eigenvalue weighted by Crippen LogP contribution is 2.24. The van der Waals surface area contributed by atoms with Crippen molar-refractivity contribution >= 4 is 5.91 Å². The SMILES string of the molecule is CCN(CC)C(CNC(=O)c1ccnc(-n2cncn2)c1)c1cccc(OC)c1. The van der Waals surface area contributed by atoms with E-state index in [9.17, 15) is 4.79 Å². The van der Waals surface area contributed by atoms with Gasteiger partial charge in [-0.25, -0.2) is 14.6 Å². The molecule has 1 amide bonds. The number of carbonyl (C=O) groups excluding carboxylic acids is 1. The quantitative estimate of drug-likeness (QED) is 0.600. The van der Waals surface area contributed by atoms with Crippen molar-refractivity contribution in [2.24, 2.45) is 0 Å². The van der Waals surface area contributed by atoms with Gasteiger partial charge >= 0.3 is 0 Å². The van der Waals surface area contributed by atoms with E-state index >= 15 is 0 Å². The van der Waals surface area contributed by atoms with Gasteiger partial charge in [-0.3, -0.25) is 9.69 Å². The zero-order valence-electron chi connectivity index (χ0n) is 16.9. The number of methoxy groups -OCH3 is 1. The van der Waals surface area contributed by atoms with Gasteiger partial charge in [0.25, 0.3) is 5.91 Å². The van der Waals surface area contributed by atoms with Gasteiger partial charge in [-0.05, 0) is 42.9 Å². The third kappa shape index (κ3) is 4.97. The van der Waals surface area contributed by atoms with E-state index in [1.165, 1.54) is 11.0 Å². The Balaban J connectivity index is 1.76. The predicted octanol–water partition coefficient (Wildman–Crippen LogP) is 2.48. The number of likely N-dealkylation sites (N-methyl/N-ethyl adjacent to an activating group) is 1. The topological polar surface area (TPSA) is 85.2 Å². The number of benzene rings is 1. The van der Waals surface area contributed by atoms with E-state index in [4.69, 9.17) is 4.74 Å². The minimum Gasteiger partial charge on any atom is -0.497 e. The van der Waals surface area contributed by atoms with Crippen molar-refractivity contribution in [1.29, 1.82) is 0 Å². The van der Waals surface area contributed by atoms with Crippen LogP contribution < -0.4 is 10.1 Å².